The van der Waals surface area contributed by atoms with Gasteiger partial charge in [0, 0.05) is 30.2 Å². The van der Waals surface area contributed by atoms with Crippen LogP contribution in [0.15, 0.2) is 30.5 Å². The van der Waals surface area contributed by atoms with E-state index in [1.165, 1.54) is 21.0 Å². The Labute approximate surface area is 124 Å². The van der Waals surface area contributed by atoms with Crippen molar-refractivity contribution in [3.8, 4) is 0 Å². The van der Waals surface area contributed by atoms with Crippen molar-refractivity contribution in [1.29, 1.82) is 0 Å². The fourth-order valence-corrected chi connectivity index (χ4v) is 3.44. The number of nitrogens with zero attached hydrogens (tertiary/aromatic N) is 1. The molecule has 2 N–H and O–H groups in total. The number of hydrogen-bond acceptors (Lipinski definition) is 4. The third-order valence-electron chi connectivity index (χ3n) is 3.85. The summed E-state index contributed by atoms with van der Waals surface area (Å²) in [5.74, 6) is 0. The minimum absolute atomic E-state index is 0.327. The molecule has 20 heavy (non-hydrogen) atoms. The van der Waals surface area contributed by atoms with E-state index >= 15 is 0 Å². The number of hydrogen-bond donors (Lipinski definition) is 2. The number of rotatable bonds is 4. The topological polar surface area (TPSA) is 37.0 Å². The van der Waals surface area contributed by atoms with Crippen molar-refractivity contribution in [2.45, 2.75) is 38.9 Å². The van der Waals surface area contributed by atoms with Gasteiger partial charge in [0.05, 0.1) is 6.04 Å². The molecule has 0 aliphatic carbocycles. The maximum absolute atomic E-state index is 4.45. The molecule has 2 aromatic rings. The molecular weight excluding hydrogens is 266 g/mol. The van der Waals surface area contributed by atoms with E-state index in [9.17, 15) is 0 Å². The normalized spacial score (nSPS) is 19.6. The summed E-state index contributed by atoms with van der Waals surface area (Å²) in [6.45, 7) is 6.25. The Morgan fingerprint density at radius 1 is 1.40 bits per heavy atom. The minimum atomic E-state index is 0.327. The second-order valence-corrected chi connectivity index (χ2v) is 6.76. The van der Waals surface area contributed by atoms with Gasteiger partial charge in [-0.25, -0.2) is 4.98 Å². The first-order valence-corrected chi connectivity index (χ1v) is 8.00. The predicted molar refractivity (Wildman–Crippen MR) is 84.0 cm³/mol. The average molecular weight is 287 g/mol. The van der Waals surface area contributed by atoms with E-state index in [1.54, 1.807) is 11.3 Å². The predicted octanol–water partition coefficient (Wildman–Crippen LogP) is 2.82. The van der Waals surface area contributed by atoms with E-state index in [0.29, 0.717) is 12.1 Å². The minimum Gasteiger partial charge on any atom is -0.308 e. The molecule has 2 unspecified atom stereocenters. The number of fused-ring (bicyclic) bond motifs is 1. The first-order chi connectivity index (χ1) is 9.72. The van der Waals surface area contributed by atoms with E-state index < -0.39 is 0 Å². The zero-order chi connectivity index (χ0) is 13.9. The number of nitrogens with one attached hydrogen (secondary N) is 2. The smallest absolute Gasteiger partial charge is 0.109 e. The van der Waals surface area contributed by atoms with Gasteiger partial charge >= 0.3 is 0 Å². The summed E-state index contributed by atoms with van der Waals surface area (Å²) in [5.41, 5.74) is 2.92. The molecule has 2 atom stereocenters. The van der Waals surface area contributed by atoms with Crippen LogP contribution in [-0.2, 0) is 13.0 Å². The third-order valence-corrected chi connectivity index (χ3v) is 4.94. The fraction of sp³-hybridized carbons (Fsp3) is 0.438. The van der Waals surface area contributed by atoms with Gasteiger partial charge in [-0.05, 0) is 31.4 Å². The van der Waals surface area contributed by atoms with Crippen LogP contribution < -0.4 is 10.6 Å². The SMILES string of the molecule is Cc1cnc(C(C)NCC2Cc3ccccc3CN2)s1. The van der Waals surface area contributed by atoms with Crippen molar-refractivity contribution in [3.63, 3.8) is 0 Å². The van der Waals surface area contributed by atoms with Gasteiger partial charge in [0.1, 0.15) is 5.01 Å². The van der Waals surface area contributed by atoms with Crippen molar-refractivity contribution >= 4 is 11.3 Å². The lowest BCUT2D eigenvalue weighted by atomic mass is 9.96. The number of aromatic nitrogens is 1. The Morgan fingerprint density at radius 3 is 2.95 bits per heavy atom. The van der Waals surface area contributed by atoms with Crippen LogP contribution in [0, 0.1) is 6.92 Å². The molecule has 1 aromatic heterocycles. The molecule has 0 saturated carbocycles. The van der Waals surface area contributed by atoms with Crippen LogP contribution in [0.1, 0.15) is 34.0 Å². The second-order valence-electron chi connectivity index (χ2n) is 5.49. The van der Waals surface area contributed by atoms with Crippen LogP contribution in [-0.4, -0.2) is 17.6 Å². The highest BCUT2D eigenvalue weighted by atomic mass is 32.1. The molecule has 0 saturated heterocycles. The molecule has 1 aliphatic heterocycles. The van der Waals surface area contributed by atoms with Gasteiger partial charge in [-0.1, -0.05) is 24.3 Å². The highest BCUT2D eigenvalue weighted by Gasteiger charge is 2.18. The summed E-state index contributed by atoms with van der Waals surface area (Å²) in [6.07, 6.45) is 3.06. The molecule has 0 radical (unpaired) electrons. The highest BCUT2D eigenvalue weighted by molar-refractivity contribution is 7.11. The summed E-state index contributed by atoms with van der Waals surface area (Å²) >= 11 is 1.78. The van der Waals surface area contributed by atoms with Gasteiger partial charge in [0.2, 0.25) is 0 Å². The van der Waals surface area contributed by atoms with E-state index in [2.05, 4.69) is 53.7 Å². The lowest BCUT2D eigenvalue weighted by molar-refractivity contribution is 0.425. The van der Waals surface area contributed by atoms with Crippen molar-refractivity contribution in [3.05, 3.63) is 51.5 Å². The molecule has 3 rings (SSSR count). The van der Waals surface area contributed by atoms with Crippen LogP contribution in [0.4, 0.5) is 0 Å². The maximum atomic E-state index is 4.45. The standard InChI is InChI=1S/C16H21N3S/c1-11-8-19-16(20-11)12(2)17-10-15-7-13-5-3-4-6-14(13)9-18-15/h3-6,8,12,15,17-18H,7,9-10H2,1-2H3. The summed E-state index contributed by atoms with van der Waals surface area (Å²) in [7, 11) is 0. The van der Waals surface area contributed by atoms with Crippen LogP contribution in [0.3, 0.4) is 0 Å². The first kappa shape index (κ1) is 13.7. The Balaban J connectivity index is 1.55. The van der Waals surface area contributed by atoms with Gasteiger partial charge in [-0.2, -0.15) is 0 Å². The van der Waals surface area contributed by atoms with Crippen molar-refractivity contribution in [2.24, 2.45) is 0 Å². The van der Waals surface area contributed by atoms with Gasteiger partial charge in [-0.3, -0.25) is 0 Å². The Kier molecular flexibility index (Phi) is 4.15. The number of benzene rings is 1. The van der Waals surface area contributed by atoms with E-state index in [4.69, 9.17) is 0 Å². The van der Waals surface area contributed by atoms with Crippen LogP contribution in [0.25, 0.3) is 0 Å². The van der Waals surface area contributed by atoms with Gasteiger partial charge in [0.15, 0.2) is 0 Å². The highest BCUT2D eigenvalue weighted by Crippen LogP contribution is 2.20. The van der Waals surface area contributed by atoms with E-state index in [0.717, 1.165) is 19.5 Å². The van der Waals surface area contributed by atoms with E-state index in [1.807, 2.05) is 6.20 Å². The van der Waals surface area contributed by atoms with Crippen LogP contribution in [0.5, 0.6) is 0 Å². The summed E-state index contributed by atoms with van der Waals surface area (Å²) in [6, 6.07) is 9.55. The molecule has 0 bridgehead atoms. The number of aryl methyl sites for hydroxylation is 1. The molecule has 106 valence electrons. The number of thiazole rings is 1. The Morgan fingerprint density at radius 2 is 2.20 bits per heavy atom. The zero-order valence-electron chi connectivity index (χ0n) is 12.0. The van der Waals surface area contributed by atoms with Crippen molar-refractivity contribution in [1.82, 2.24) is 15.6 Å². The molecule has 1 aliphatic rings. The molecule has 3 nitrogen and oxygen atoms in total. The van der Waals surface area contributed by atoms with Crippen LogP contribution >= 0.6 is 11.3 Å². The van der Waals surface area contributed by atoms with E-state index in [-0.39, 0.29) is 0 Å². The monoisotopic (exact) mass is 287 g/mol. The van der Waals surface area contributed by atoms with Gasteiger partial charge < -0.3 is 10.6 Å². The van der Waals surface area contributed by atoms with Crippen LogP contribution in [0.2, 0.25) is 0 Å². The molecule has 2 heterocycles. The lowest BCUT2D eigenvalue weighted by Crippen LogP contribution is -2.43. The molecule has 4 heteroatoms. The van der Waals surface area contributed by atoms with Gasteiger partial charge in [-0.15, -0.1) is 11.3 Å². The molecule has 1 aromatic carbocycles. The molecule has 0 spiro atoms. The third kappa shape index (κ3) is 3.08. The average Bonchev–Trinajstić information content (AvgIpc) is 2.91. The summed E-state index contributed by atoms with van der Waals surface area (Å²) in [5, 5.41) is 8.39. The maximum Gasteiger partial charge on any atom is 0.109 e. The molecule has 0 fully saturated rings. The van der Waals surface area contributed by atoms with Crippen molar-refractivity contribution in [2.75, 3.05) is 6.54 Å². The van der Waals surface area contributed by atoms with Gasteiger partial charge in [0.25, 0.3) is 0 Å². The largest absolute Gasteiger partial charge is 0.308 e. The Bertz CT molecular complexity index is 579. The second kappa shape index (κ2) is 6.04. The molecular formula is C16H21N3S. The van der Waals surface area contributed by atoms with Crippen molar-refractivity contribution < 1.29 is 0 Å². The first-order valence-electron chi connectivity index (χ1n) is 7.18. The quantitative estimate of drug-likeness (QED) is 0.908. The lowest BCUT2D eigenvalue weighted by Gasteiger charge is -2.27. The fourth-order valence-electron chi connectivity index (χ4n) is 2.64. The Hall–Kier alpha value is -1.23. The summed E-state index contributed by atoms with van der Waals surface area (Å²) < 4.78 is 0. The summed E-state index contributed by atoms with van der Waals surface area (Å²) in [4.78, 5) is 5.73. The zero-order valence-corrected chi connectivity index (χ0v) is 12.8. The molecule has 0 amide bonds.